The van der Waals surface area contributed by atoms with E-state index in [1.807, 2.05) is 0 Å². The summed E-state index contributed by atoms with van der Waals surface area (Å²) in [5.41, 5.74) is -0.496. The van der Waals surface area contributed by atoms with E-state index in [-0.39, 0.29) is 29.6 Å². The number of amides is 1. The minimum atomic E-state index is -3.81. The van der Waals surface area contributed by atoms with Gasteiger partial charge in [0.15, 0.2) is 0 Å². The van der Waals surface area contributed by atoms with E-state index in [2.05, 4.69) is 3.77 Å². The van der Waals surface area contributed by atoms with Gasteiger partial charge in [0, 0.05) is 23.7 Å². The second-order valence-corrected chi connectivity index (χ2v) is 10.2. The summed E-state index contributed by atoms with van der Waals surface area (Å²) < 4.78 is 66.4. The number of nitrogens with zero attached hydrogens (tertiary/aromatic N) is 2. The van der Waals surface area contributed by atoms with E-state index in [0.29, 0.717) is 0 Å². The van der Waals surface area contributed by atoms with Crippen LogP contribution in [0.2, 0.25) is 5.02 Å². The first-order chi connectivity index (χ1) is 10.9. The molecule has 0 radical (unpaired) electrons. The normalized spacial score (nSPS) is 18.2. The molecule has 1 amide bonds. The number of hydrogen-bond acceptors (Lipinski definition) is 4. The number of hydrogen-bond donors (Lipinski definition) is 0. The van der Waals surface area contributed by atoms with Crippen molar-refractivity contribution in [1.82, 2.24) is 4.90 Å². The van der Waals surface area contributed by atoms with Crippen LogP contribution in [0.15, 0.2) is 28.0 Å². The quantitative estimate of drug-likeness (QED) is 0.773. The molecular formula is C13H15ClF2N2O4S2. The summed E-state index contributed by atoms with van der Waals surface area (Å²) in [5, 5.41) is 0.266. The van der Waals surface area contributed by atoms with E-state index in [1.165, 1.54) is 12.1 Å². The first-order valence-electron chi connectivity index (χ1n) is 6.80. The number of carbonyl (C=O) groups excluding carboxylic acids is 1. The highest BCUT2D eigenvalue weighted by molar-refractivity contribution is 8.03. The molecule has 0 N–H and O–H groups in total. The summed E-state index contributed by atoms with van der Waals surface area (Å²) in [6, 6.07) is 4.64. The van der Waals surface area contributed by atoms with Crippen molar-refractivity contribution in [3.05, 3.63) is 34.9 Å². The Bertz CT molecular complexity index is 848. The maximum absolute atomic E-state index is 14.3. The molecule has 0 unspecified atom stereocenters. The third-order valence-electron chi connectivity index (χ3n) is 3.39. The topological polar surface area (TPSA) is 83.9 Å². The molecule has 0 bridgehead atoms. The van der Waals surface area contributed by atoms with Gasteiger partial charge in [0.2, 0.25) is 0 Å². The summed E-state index contributed by atoms with van der Waals surface area (Å²) >= 11 is 5.64. The number of benzene rings is 1. The summed E-state index contributed by atoms with van der Waals surface area (Å²) in [4.78, 5) is 13.0. The Morgan fingerprint density at radius 1 is 1.25 bits per heavy atom. The standard InChI is InChI=1S/C13H15ClF2N2O4S2/c1-23(20,21)17-24(22)8-6-18(7-9-24)12(19)13(15,16)10-2-4-11(14)5-3-10/h2-5H,6-9H2,1H3. The molecule has 11 heteroatoms. The van der Waals surface area contributed by atoms with Gasteiger partial charge in [-0.25, -0.2) is 12.6 Å². The minimum Gasteiger partial charge on any atom is -0.335 e. The molecule has 1 aromatic carbocycles. The first-order valence-corrected chi connectivity index (χ1v) is 10.9. The fourth-order valence-corrected chi connectivity index (χ4v) is 6.14. The van der Waals surface area contributed by atoms with Crippen LogP contribution in [0.3, 0.4) is 0 Å². The molecule has 0 spiro atoms. The molecule has 1 fully saturated rings. The van der Waals surface area contributed by atoms with Gasteiger partial charge in [-0.05, 0) is 12.1 Å². The maximum atomic E-state index is 14.3. The van der Waals surface area contributed by atoms with E-state index in [4.69, 9.17) is 11.6 Å². The molecule has 0 aromatic heterocycles. The molecule has 1 saturated heterocycles. The zero-order chi connectivity index (χ0) is 18.2. The molecule has 1 aliphatic rings. The SMILES string of the molecule is CS(=O)(=O)N=S1(=O)CCN(C(=O)C(F)(F)c2ccc(Cl)cc2)CC1. The summed E-state index contributed by atoms with van der Waals surface area (Å²) in [6.45, 7) is -0.500. The Hall–Kier alpha value is -1.26. The van der Waals surface area contributed by atoms with Gasteiger partial charge in [0.05, 0.1) is 27.5 Å². The summed E-state index contributed by atoms with van der Waals surface area (Å²) in [7, 11) is -6.86. The van der Waals surface area contributed by atoms with Crippen LogP contribution >= 0.6 is 11.6 Å². The number of halogens is 3. The minimum absolute atomic E-state index is 0.250. The van der Waals surface area contributed by atoms with Crippen molar-refractivity contribution in [2.45, 2.75) is 5.92 Å². The third kappa shape index (κ3) is 4.42. The predicted octanol–water partition coefficient (Wildman–Crippen LogP) is 1.70. The Morgan fingerprint density at radius 2 is 1.75 bits per heavy atom. The lowest BCUT2D eigenvalue weighted by Gasteiger charge is -2.31. The lowest BCUT2D eigenvalue weighted by atomic mass is 10.1. The van der Waals surface area contributed by atoms with Crippen LogP contribution in [-0.4, -0.2) is 54.3 Å². The van der Waals surface area contributed by atoms with Gasteiger partial charge < -0.3 is 4.90 Å². The average Bonchev–Trinajstić information content (AvgIpc) is 2.45. The Morgan fingerprint density at radius 3 is 2.21 bits per heavy atom. The van der Waals surface area contributed by atoms with Crippen LogP contribution in [0.1, 0.15) is 5.56 Å². The molecule has 24 heavy (non-hydrogen) atoms. The van der Waals surface area contributed by atoms with Gasteiger partial charge in [-0.2, -0.15) is 8.78 Å². The Balaban J connectivity index is 2.17. The fourth-order valence-electron chi connectivity index (χ4n) is 2.23. The smallest absolute Gasteiger partial charge is 0.335 e. The third-order valence-corrected chi connectivity index (χ3v) is 7.46. The van der Waals surface area contributed by atoms with Gasteiger partial charge in [-0.1, -0.05) is 23.7 Å². The van der Waals surface area contributed by atoms with Crippen LogP contribution in [0, 0.1) is 0 Å². The molecule has 1 heterocycles. The van der Waals surface area contributed by atoms with E-state index >= 15 is 0 Å². The van der Waals surface area contributed by atoms with Gasteiger partial charge in [0.1, 0.15) is 0 Å². The first kappa shape index (κ1) is 19.1. The van der Waals surface area contributed by atoms with Gasteiger partial charge in [-0.3, -0.25) is 4.79 Å². The largest absolute Gasteiger partial charge is 0.349 e. The van der Waals surface area contributed by atoms with E-state index in [0.717, 1.165) is 23.3 Å². The van der Waals surface area contributed by atoms with Crippen LogP contribution in [0.4, 0.5) is 8.78 Å². The molecule has 2 rings (SSSR count). The van der Waals surface area contributed by atoms with Crippen molar-refractivity contribution in [2.75, 3.05) is 30.9 Å². The van der Waals surface area contributed by atoms with E-state index < -0.39 is 37.1 Å². The molecule has 0 saturated carbocycles. The molecule has 134 valence electrons. The highest BCUT2D eigenvalue weighted by Crippen LogP contribution is 2.31. The monoisotopic (exact) mass is 400 g/mol. The fraction of sp³-hybridized carbons (Fsp3) is 0.462. The molecule has 1 aromatic rings. The van der Waals surface area contributed by atoms with Crippen LogP contribution in [-0.2, 0) is 30.5 Å². The number of alkyl halides is 2. The maximum Gasteiger partial charge on any atom is 0.349 e. The second-order valence-electron chi connectivity index (χ2n) is 5.36. The van der Waals surface area contributed by atoms with Gasteiger partial charge in [0.25, 0.3) is 15.9 Å². The van der Waals surface area contributed by atoms with Crippen molar-refractivity contribution >= 4 is 37.3 Å². The molecule has 0 atom stereocenters. The lowest BCUT2D eigenvalue weighted by Crippen LogP contribution is -2.49. The second kappa shape index (κ2) is 6.57. The van der Waals surface area contributed by atoms with Crippen molar-refractivity contribution < 1.29 is 26.2 Å². The molecular weight excluding hydrogens is 386 g/mol. The van der Waals surface area contributed by atoms with Crippen molar-refractivity contribution in [3.8, 4) is 0 Å². The molecule has 1 aliphatic heterocycles. The van der Waals surface area contributed by atoms with Crippen LogP contribution in [0.5, 0.6) is 0 Å². The number of sulfonamides is 1. The van der Waals surface area contributed by atoms with E-state index in [9.17, 15) is 26.2 Å². The summed E-state index contributed by atoms with van der Waals surface area (Å²) in [5.74, 6) is -5.70. The van der Waals surface area contributed by atoms with Crippen LogP contribution < -0.4 is 0 Å². The Kier molecular flexibility index (Phi) is 5.22. The van der Waals surface area contributed by atoms with Crippen molar-refractivity contribution in [3.63, 3.8) is 0 Å². The highest BCUT2D eigenvalue weighted by atomic mass is 35.5. The highest BCUT2D eigenvalue weighted by Gasteiger charge is 2.45. The summed E-state index contributed by atoms with van der Waals surface area (Å²) in [6.07, 6.45) is 0.811. The van der Waals surface area contributed by atoms with Gasteiger partial charge in [-0.15, -0.1) is 3.77 Å². The average molecular weight is 401 g/mol. The number of carbonyl (C=O) groups is 1. The van der Waals surface area contributed by atoms with Crippen molar-refractivity contribution in [1.29, 1.82) is 0 Å². The zero-order valence-corrected chi connectivity index (χ0v) is 15.0. The van der Waals surface area contributed by atoms with Crippen molar-refractivity contribution in [2.24, 2.45) is 3.77 Å². The molecule has 0 aliphatic carbocycles. The van der Waals surface area contributed by atoms with Gasteiger partial charge >= 0.3 is 5.92 Å². The number of rotatable bonds is 3. The van der Waals surface area contributed by atoms with Crippen LogP contribution in [0.25, 0.3) is 0 Å². The predicted molar refractivity (Wildman–Crippen MR) is 87.1 cm³/mol. The zero-order valence-electron chi connectivity index (χ0n) is 12.6. The lowest BCUT2D eigenvalue weighted by molar-refractivity contribution is -0.158. The Labute approximate surface area is 144 Å². The van der Waals surface area contributed by atoms with E-state index in [1.54, 1.807) is 0 Å². The molecule has 6 nitrogen and oxygen atoms in total.